The van der Waals surface area contributed by atoms with Gasteiger partial charge >= 0.3 is 0 Å². The molecular formula is C15H10ClF2N3. The van der Waals surface area contributed by atoms with Gasteiger partial charge in [0.2, 0.25) is 0 Å². The van der Waals surface area contributed by atoms with Crippen LogP contribution in [0, 0.1) is 11.6 Å². The molecular weight excluding hydrogens is 296 g/mol. The molecule has 0 radical (unpaired) electrons. The van der Waals surface area contributed by atoms with Crippen LogP contribution in [0.15, 0.2) is 42.6 Å². The van der Waals surface area contributed by atoms with Gasteiger partial charge in [0.25, 0.3) is 0 Å². The predicted molar refractivity (Wildman–Crippen MR) is 80.8 cm³/mol. The lowest BCUT2D eigenvalue weighted by Gasteiger charge is -2.12. The van der Waals surface area contributed by atoms with Gasteiger partial charge in [-0.05, 0) is 30.3 Å². The van der Waals surface area contributed by atoms with Crippen LogP contribution in [-0.2, 0) is 0 Å². The number of nitrogens with two attached hydrogens (primary N) is 1. The molecule has 0 aliphatic rings. The summed E-state index contributed by atoms with van der Waals surface area (Å²) in [6, 6.07) is 8.73. The monoisotopic (exact) mass is 305 g/mol. The molecule has 2 aromatic carbocycles. The SMILES string of the molecule is Nc1ccc(Nc2c(F)cc(F)cc2Cl)c2ncccc12. The smallest absolute Gasteiger partial charge is 0.151 e. The van der Waals surface area contributed by atoms with E-state index in [4.69, 9.17) is 17.3 Å². The molecule has 3 nitrogen and oxygen atoms in total. The van der Waals surface area contributed by atoms with Crippen molar-refractivity contribution in [2.75, 3.05) is 11.1 Å². The Bertz CT molecular complexity index is 813. The molecule has 0 bridgehead atoms. The topological polar surface area (TPSA) is 50.9 Å². The fraction of sp³-hybridized carbons (Fsp3) is 0. The minimum Gasteiger partial charge on any atom is -0.398 e. The first-order chi connectivity index (χ1) is 10.1. The lowest BCUT2D eigenvalue weighted by Crippen LogP contribution is -1.99. The maximum atomic E-state index is 13.8. The van der Waals surface area contributed by atoms with Crippen LogP contribution >= 0.6 is 11.6 Å². The highest BCUT2D eigenvalue weighted by molar-refractivity contribution is 6.33. The Labute approximate surface area is 124 Å². The fourth-order valence-electron chi connectivity index (χ4n) is 2.09. The maximum Gasteiger partial charge on any atom is 0.151 e. The molecule has 0 saturated heterocycles. The number of nitrogens with zero attached hydrogens (tertiary/aromatic N) is 1. The zero-order valence-corrected chi connectivity index (χ0v) is 11.5. The second-order valence-electron chi connectivity index (χ2n) is 4.47. The Morgan fingerprint density at radius 3 is 2.71 bits per heavy atom. The van der Waals surface area contributed by atoms with E-state index in [1.807, 2.05) is 6.07 Å². The van der Waals surface area contributed by atoms with Crippen molar-refractivity contribution in [2.45, 2.75) is 0 Å². The molecule has 3 aromatic rings. The van der Waals surface area contributed by atoms with Crippen LogP contribution in [0.4, 0.5) is 25.8 Å². The molecule has 21 heavy (non-hydrogen) atoms. The van der Waals surface area contributed by atoms with Crippen molar-refractivity contribution in [2.24, 2.45) is 0 Å². The van der Waals surface area contributed by atoms with Crippen molar-refractivity contribution in [3.8, 4) is 0 Å². The number of hydrogen-bond acceptors (Lipinski definition) is 3. The number of anilines is 3. The Balaban J connectivity index is 2.13. The molecule has 6 heteroatoms. The van der Waals surface area contributed by atoms with Crippen molar-refractivity contribution in [3.05, 3.63) is 59.3 Å². The minimum absolute atomic E-state index is 0.00482. The van der Waals surface area contributed by atoms with Gasteiger partial charge in [0.15, 0.2) is 5.82 Å². The largest absolute Gasteiger partial charge is 0.398 e. The van der Waals surface area contributed by atoms with Crippen molar-refractivity contribution >= 4 is 39.6 Å². The van der Waals surface area contributed by atoms with Gasteiger partial charge in [-0.2, -0.15) is 0 Å². The number of pyridine rings is 1. The van der Waals surface area contributed by atoms with Crippen LogP contribution in [0.3, 0.4) is 0 Å². The van der Waals surface area contributed by atoms with Gasteiger partial charge in [-0.25, -0.2) is 8.78 Å². The van der Waals surface area contributed by atoms with E-state index in [2.05, 4.69) is 10.3 Å². The number of halogens is 3. The normalized spacial score (nSPS) is 10.8. The van der Waals surface area contributed by atoms with E-state index in [0.29, 0.717) is 16.9 Å². The van der Waals surface area contributed by atoms with Crippen LogP contribution in [0.25, 0.3) is 10.9 Å². The summed E-state index contributed by atoms with van der Waals surface area (Å²) in [6.45, 7) is 0. The van der Waals surface area contributed by atoms with E-state index < -0.39 is 11.6 Å². The summed E-state index contributed by atoms with van der Waals surface area (Å²) in [7, 11) is 0. The molecule has 0 saturated carbocycles. The van der Waals surface area contributed by atoms with Crippen LogP contribution in [0.1, 0.15) is 0 Å². The molecule has 1 heterocycles. The summed E-state index contributed by atoms with van der Waals surface area (Å²) in [5.41, 5.74) is 7.56. The van der Waals surface area contributed by atoms with E-state index in [9.17, 15) is 8.78 Å². The maximum absolute atomic E-state index is 13.8. The standard InChI is InChI=1S/C15H10ClF2N3/c16-10-6-8(17)7-11(18)15(10)21-13-4-3-12(19)9-2-1-5-20-14(9)13/h1-7,21H,19H2. The number of hydrogen-bond donors (Lipinski definition) is 2. The highest BCUT2D eigenvalue weighted by Crippen LogP contribution is 2.33. The quantitative estimate of drug-likeness (QED) is 0.686. The van der Waals surface area contributed by atoms with E-state index in [1.165, 1.54) is 0 Å². The second-order valence-corrected chi connectivity index (χ2v) is 4.88. The molecule has 0 spiro atoms. The second kappa shape index (κ2) is 5.18. The van der Waals surface area contributed by atoms with Gasteiger partial charge in [0.05, 0.1) is 21.9 Å². The molecule has 1 aromatic heterocycles. The van der Waals surface area contributed by atoms with Gasteiger partial charge in [0, 0.05) is 23.3 Å². The van der Waals surface area contributed by atoms with Crippen molar-refractivity contribution in [1.29, 1.82) is 0 Å². The first-order valence-corrected chi connectivity index (χ1v) is 6.49. The predicted octanol–water partition coefficient (Wildman–Crippen LogP) is 4.49. The third kappa shape index (κ3) is 2.48. The first kappa shape index (κ1) is 13.6. The molecule has 0 fully saturated rings. The van der Waals surface area contributed by atoms with Crippen molar-refractivity contribution < 1.29 is 8.78 Å². The molecule has 0 amide bonds. The molecule has 3 N–H and O–H groups in total. The van der Waals surface area contributed by atoms with Crippen LogP contribution in [0.2, 0.25) is 5.02 Å². The summed E-state index contributed by atoms with van der Waals surface area (Å²) in [5.74, 6) is -1.51. The zero-order chi connectivity index (χ0) is 15.0. The van der Waals surface area contributed by atoms with Gasteiger partial charge in [0.1, 0.15) is 5.82 Å². The molecule has 106 valence electrons. The molecule has 3 rings (SSSR count). The Kier molecular flexibility index (Phi) is 3.35. The summed E-state index contributed by atoms with van der Waals surface area (Å²) in [6.07, 6.45) is 1.61. The van der Waals surface area contributed by atoms with Gasteiger partial charge in [-0.1, -0.05) is 11.6 Å². The van der Waals surface area contributed by atoms with E-state index in [1.54, 1.807) is 24.4 Å². The zero-order valence-electron chi connectivity index (χ0n) is 10.7. The summed E-state index contributed by atoms with van der Waals surface area (Å²) >= 11 is 5.88. The first-order valence-electron chi connectivity index (χ1n) is 6.11. The Morgan fingerprint density at radius 1 is 1.14 bits per heavy atom. The van der Waals surface area contributed by atoms with Gasteiger partial charge < -0.3 is 11.1 Å². The van der Waals surface area contributed by atoms with Crippen molar-refractivity contribution in [1.82, 2.24) is 4.98 Å². The molecule has 0 aliphatic carbocycles. The average molecular weight is 306 g/mol. The van der Waals surface area contributed by atoms with E-state index in [0.717, 1.165) is 17.5 Å². The number of fused-ring (bicyclic) bond motifs is 1. The fourth-order valence-corrected chi connectivity index (χ4v) is 2.33. The van der Waals surface area contributed by atoms with E-state index >= 15 is 0 Å². The number of nitrogens with one attached hydrogen (secondary N) is 1. The summed E-state index contributed by atoms with van der Waals surface area (Å²) < 4.78 is 26.9. The summed E-state index contributed by atoms with van der Waals surface area (Å²) in [5, 5.41) is 3.54. The number of rotatable bonds is 2. The van der Waals surface area contributed by atoms with Crippen LogP contribution in [-0.4, -0.2) is 4.98 Å². The Hall–Kier alpha value is -2.40. The third-order valence-corrected chi connectivity index (χ3v) is 3.37. The molecule has 0 atom stereocenters. The Morgan fingerprint density at radius 2 is 1.95 bits per heavy atom. The minimum atomic E-state index is -0.777. The highest BCUT2D eigenvalue weighted by Gasteiger charge is 2.12. The lowest BCUT2D eigenvalue weighted by atomic mass is 10.1. The highest BCUT2D eigenvalue weighted by atomic mass is 35.5. The lowest BCUT2D eigenvalue weighted by molar-refractivity contribution is 0.586. The van der Waals surface area contributed by atoms with Crippen molar-refractivity contribution in [3.63, 3.8) is 0 Å². The number of benzene rings is 2. The van der Waals surface area contributed by atoms with E-state index in [-0.39, 0.29) is 10.7 Å². The average Bonchev–Trinajstić information content (AvgIpc) is 2.45. The van der Waals surface area contributed by atoms with Crippen LogP contribution in [0.5, 0.6) is 0 Å². The third-order valence-electron chi connectivity index (χ3n) is 3.07. The van der Waals surface area contributed by atoms with Gasteiger partial charge in [-0.15, -0.1) is 0 Å². The number of nitrogen functional groups attached to an aromatic ring is 1. The van der Waals surface area contributed by atoms with Gasteiger partial charge in [-0.3, -0.25) is 4.98 Å². The van der Waals surface area contributed by atoms with Crippen LogP contribution < -0.4 is 11.1 Å². The number of aromatic nitrogens is 1. The summed E-state index contributed by atoms with van der Waals surface area (Å²) in [4.78, 5) is 4.23. The molecule has 0 unspecified atom stereocenters. The molecule has 0 aliphatic heterocycles.